The maximum Gasteiger partial charge on any atom is 0.300 e. The van der Waals surface area contributed by atoms with Gasteiger partial charge in [0.2, 0.25) is 0 Å². The Morgan fingerprint density at radius 3 is 3.00 bits per heavy atom. The molecule has 0 bridgehead atoms. The van der Waals surface area contributed by atoms with E-state index in [0.717, 1.165) is 11.9 Å². The first kappa shape index (κ1) is 13.2. The SMILES string of the molecule is CSCCNC(=O)c1cc(N)ncc1[N+](=O)[O-]. The predicted molar refractivity (Wildman–Crippen MR) is 66.0 cm³/mol. The van der Waals surface area contributed by atoms with Gasteiger partial charge in [-0.05, 0) is 12.3 Å². The molecule has 0 aliphatic carbocycles. The second-order valence-electron chi connectivity index (χ2n) is 3.13. The second-order valence-corrected chi connectivity index (χ2v) is 4.12. The standard InChI is InChI=1S/C9H12N4O3S/c1-17-3-2-11-9(14)6-4-8(10)12-5-7(6)13(15)16/h4-5H,2-3H2,1H3,(H2,10,12)(H,11,14). The molecule has 17 heavy (non-hydrogen) atoms. The fraction of sp³-hybridized carbons (Fsp3) is 0.333. The topological polar surface area (TPSA) is 111 Å². The van der Waals surface area contributed by atoms with Crippen LogP contribution in [0.5, 0.6) is 0 Å². The predicted octanol–water partition coefficient (Wildman–Crippen LogP) is 0.665. The van der Waals surface area contributed by atoms with Crippen LogP contribution in [0.4, 0.5) is 11.5 Å². The lowest BCUT2D eigenvalue weighted by molar-refractivity contribution is -0.385. The quantitative estimate of drug-likeness (QED) is 0.455. The van der Waals surface area contributed by atoms with Crippen molar-refractivity contribution >= 4 is 29.2 Å². The van der Waals surface area contributed by atoms with Gasteiger partial charge in [-0.15, -0.1) is 0 Å². The van der Waals surface area contributed by atoms with E-state index in [0.29, 0.717) is 6.54 Å². The van der Waals surface area contributed by atoms with Crippen molar-refractivity contribution in [2.24, 2.45) is 0 Å². The maximum absolute atomic E-state index is 11.7. The second kappa shape index (κ2) is 6.04. The Bertz CT molecular complexity index is 438. The van der Waals surface area contributed by atoms with Gasteiger partial charge in [-0.3, -0.25) is 14.9 Å². The Balaban J connectivity index is 2.90. The van der Waals surface area contributed by atoms with Crippen LogP contribution in [0.3, 0.4) is 0 Å². The average molecular weight is 256 g/mol. The van der Waals surface area contributed by atoms with E-state index in [1.165, 1.54) is 6.07 Å². The number of nitrogen functional groups attached to an aromatic ring is 1. The van der Waals surface area contributed by atoms with Crippen molar-refractivity contribution in [2.45, 2.75) is 0 Å². The molecular formula is C9H12N4O3S. The summed E-state index contributed by atoms with van der Waals surface area (Å²) in [5.41, 5.74) is 4.99. The molecule has 1 aromatic heterocycles. The number of thioether (sulfide) groups is 1. The van der Waals surface area contributed by atoms with Crippen molar-refractivity contribution in [3.05, 3.63) is 27.9 Å². The van der Waals surface area contributed by atoms with Gasteiger partial charge in [0.1, 0.15) is 17.6 Å². The number of rotatable bonds is 5. The third-order valence-corrected chi connectivity index (χ3v) is 2.55. The van der Waals surface area contributed by atoms with Crippen molar-refractivity contribution in [1.82, 2.24) is 10.3 Å². The number of aromatic nitrogens is 1. The van der Waals surface area contributed by atoms with Gasteiger partial charge in [-0.2, -0.15) is 11.8 Å². The summed E-state index contributed by atoms with van der Waals surface area (Å²) in [6.07, 6.45) is 2.89. The molecule has 0 aliphatic rings. The van der Waals surface area contributed by atoms with Crippen molar-refractivity contribution in [3.8, 4) is 0 Å². The number of hydrogen-bond donors (Lipinski definition) is 2. The highest BCUT2D eigenvalue weighted by molar-refractivity contribution is 7.98. The fourth-order valence-corrected chi connectivity index (χ4v) is 1.46. The summed E-state index contributed by atoms with van der Waals surface area (Å²) < 4.78 is 0. The van der Waals surface area contributed by atoms with Gasteiger partial charge in [-0.25, -0.2) is 4.98 Å². The van der Waals surface area contributed by atoms with Crippen molar-refractivity contribution in [2.75, 3.05) is 24.3 Å². The van der Waals surface area contributed by atoms with Gasteiger partial charge >= 0.3 is 0 Å². The van der Waals surface area contributed by atoms with Gasteiger partial charge in [-0.1, -0.05) is 0 Å². The Morgan fingerprint density at radius 1 is 1.71 bits per heavy atom. The number of anilines is 1. The number of nitrogens with one attached hydrogen (secondary N) is 1. The number of amides is 1. The van der Waals surface area contributed by atoms with E-state index in [9.17, 15) is 14.9 Å². The monoisotopic (exact) mass is 256 g/mol. The van der Waals surface area contributed by atoms with Crippen LogP contribution in [0, 0.1) is 10.1 Å². The summed E-state index contributed by atoms with van der Waals surface area (Å²) >= 11 is 1.57. The Morgan fingerprint density at radius 2 is 2.41 bits per heavy atom. The van der Waals surface area contributed by atoms with Crippen LogP contribution < -0.4 is 11.1 Å². The van der Waals surface area contributed by atoms with Gasteiger partial charge in [0.05, 0.1) is 4.92 Å². The molecule has 0 unspecified atom stereocenters. The highest BCUT2D eigenvalue weighted by Gasteiger charge is 2.20. The van der Waals surface area contributed by atoms with E-state index in [4.69, 9.17) is 5.73 Å². The molecule has 1 amide bonds. The zero-order chi connectivity index (χ0) is 12.8. The van der Waals surface area contributed by atoms with Crippen LogP contribution in [0.15, 0.2) is 12.3 Å². The molecule has 0 spiro atoms. The van der Waals surface area contributed by atoms with E-state index >= 15 is 0 Å². The number of hydrogen-bond acceptors (Lipinski definition) is 6. The Hall–Kier alpha value is -1.83. The largest absolute Gasteiger partial charge is 0.384 e. The zero-order valence-corrected chi connectivity index (χ0v) is 9.99. The van der Waals surface area contributed by atoms with Crippen molar-refractivity contribution < 1.29 is 9.72 Å². The van der Waals surface area contributed by atoms with Gasteiger partial charge in [0.15, 0.2) is 0 Å². The number of nitrogens with two attached hydrogens (primary N) is 1. The molecule has 1 heterocycles. The molecule has 0 saturated heterocycles. The molecule has 7 nitrogen and oxygen atoms in total. The molecule has 0 saturated carbocycles. The third kappa shape index (κ3) is 3.59. The lowest BCUT2D eigenvalue weighted by Gasteiger charge is -2.05. The average Bonchev–Trinajstić information content (AvgIpc) is 2.28. The molecule has 0 atom stereocenters. The van der Waals surface area contributed by atoms with E-state index in [1.54, 1.807) is 11.8 Å². The van der Waals surface area contributed by atoms with Crippen LogP contribution in [0.2, 0.25) is 0 Å². The molecule has 1 rings (SSSR count). The van der Waals surface area contributed by atoms with E-state index < -0.39 is 10.8 Å². The molecule has 0 aliphatic heterocycles. The number of carbonyl (C=O) groups excluding carboxylic acids is 1. The lowest BCUT2D eigenvalue weighted by atomic mass is 10.2. The molecule has 1 aromatic rings. The van der Waals surface area contributed by atoms with Crippen molar-refractivity contribution in [1.29, 1.82) is 0 Å². The highest BCUT2D eigenvalue weighted by atomic mass is 32.2. The summed E-state index contributed by atoms with van der Waals surface area (Å²) in [7, 11) is 0. The molecule has 0 radical (unpaired) electrons. The van der Waals surface area contributed by atoms with Crippen LogP contribution in [0.25, 0.3) is 0 Å². The first-order valence-electron chi connectivity index (χ1n) is 4.73. The molecule has 0 fully saturated rings. The molecule has 0 aromatic carbocycles. The molecular weight excluding hydrogens is 244 g/mol. The Kier molecular flexibility index (Phi) is 4.70. The van der Waals surface area contributed by atoms with Crippen molar-refractivity contribution in [3.63, 3.8) is 0 Å². The summed E-state index contributed by atoms with van der Waals surface area (Å²) in [6, 6.07) is 1.20. The van der Waals surface area contributed by atoms with Gasteiger partial charge in [0.25, 0.3) is 11.6 Å². The smallest absolute Gasteiger partial charge is 0.300 e. The molecule has 92 valence electrons. The number of carbonyl (C=O) groups is 1. The fourth-order valence-electron chi connectivity index (χ4n) is 1.15. The molecule has 8 heteroatoms. The highest BCUT2D eigenvalue weighted by Crippen LogP contribution is 2.18. The summed E-state index contributed by atoms with van der Waals surface area (Å²) in [6.45, 7) is 0.444. The minimum Gasteiger partial charge on any atom is -0.384 e. The lowest BCUT2D eigenvalue weighted by Crippen LogP contribution is -2.26. The normalized spacial score (nSPS) is 9.94. The minimum atomic E-state index is -0.657. The first-order chi connectivity index (χ1) is 8.06. The van der Waals surface area contributed by atoms with E-state index in [2.05, 4.69) is 10.3 Å². The van der Waals surface area contributed by atoms with Gasteiger partial charge < -0.3 is 11.1 Å². The van der Waals surface area contributed by atoms with Crippen LogP contribution in [-0.4, -0.2) is 34.4 Å². The zero-order valence-electron chi connectivity index (χ0n) is 9.17. The minimum absolute atomic E-state index is 0.0661. The Labute approximate surface area is 102 Å². The summed E-state index contributed by atoms with van der Waals surface area (Å²) in [5.74, 6) is 0.297. The first-order valence-corrected chi connectivity index (χ1v) is 6.12. The number of pyridine rings is 1. The third-order valence-electron chi connectivity index (χ3n) is 1.94. The summed E-state index contributed by atoms with van der Waals surface area (Å²) in [4.78, 5) is 25.3. The molecule has 3 N–H and O–H groups in total. The van der Waals surface area contributed by atoms with Crippen LogP contribution in [0.1, 0.15) is 10.4 Å². The van der Waals surface area contributed by atoms with E-state index in [1.807, 2.05) is 6.26 Å². The van der Waals surface area contributed by atoms with E-state index in [-0.39, 0.29) is 17.1 Å². The number of nitro groups is 1. The summed E-state index contributed by atoms with van der Waals surface area (Å²) in [5, 5.41) is 13.3. The van der Waals surface area contributed by atoms with Gasteiger partial charge in [0, 0.05) is 12.3 Å². The maximum atomic E-state index is 11.7. The number of nitrogens with zero attached hydrogens (tertiary/aromatic N) is 2. The van der Waals surface area contributed by atoms with Crippen LogP contribution >= 0.6 is 11.8 Å². The van der Waals surface area contributed by atoms with Crippen LogP contribution in [-0.2, 0) is 0 Å².